The molecule has 0 atom stereocenters. The van der Waals surface area contributed by atoms with Crippen LogP contribution in [-0.2, 0) is 20.0 Å². The Morgan fingerprint density at radius 2 is 2.00 bits per heavy atom. The summed E-state index contributed by atoms with van der Waals surface area (Å²) >= 11 is 0.858. The summed E-state index contributed by atoms with van der Waals surface area (Å²) in [6.45, 7) is 1.40. The van der Waals surface area contributed by atoms with Crippen LogP contribution >= 0.6 is 11.3 Å². The van der Waals surface area contributed by atoms with Crippen LogP contribution in [0, 0.1) is 6.92 Å². The molecule has 1 aromatic heterocycles. The number of carboxylic acids is 1. The van der Waals surface area contributed by atoms with Crippen molar-refractivity contribution in [3.8, 4) is 0 Å². The summed E-state index contributed by atoms with van der Waals surface area (Å²) in [5.74, 6) is -1.54. The number of nitrogens with one attached hydrogen (secondary N) is 1. The molecular weight excluding hydrogens is 328 g/mol. The third kappa shape index (κ3) is 4.83. The molecule has 0 bridgehead atoms. The number of aryl methyl sites for hydroxylation is 1. The van der Waals surface area contributed by atoms with Gasteiger partial charge >= 0.3 is 5.97 Å². The summed E-state index contributed by atoms with van der Waals surface area (Å²) in [6, 6.07) is 1.07. The van der Waals surface area contributed by atoms with Gasteiger partial charge in [-0.2, -0.15) is 0 Å². The molecule has 0 radical (unpaired) electrons. The number of thiophene rings is 1. The number of primary sulfonamides is 1. The summed E-state index contributed by atoms with van der Waals surface area (Å²) < 4.78 is 47.5. The van der Waals surface area contributed by atoms with E-state index in [9.17, 15) is 21.6 Å². The summed E-state index contributed by atoms with van der Waals surface area (Å²) in [5.41, 5.74) is 0. The van der Waals surface area contributed by atoms with E-state index in [1.165, 1.54) is 6.92 Å². The molecule has 0 aliphatic carbocycles. The molecule has 0 aliphatic rings. The van der Waals surface area contributed by atoms with Gasteiger partial charge in [-0.25, -0.2) is 31.5 Å². The van der Waals surface area contributed by atoms with Gasteiger partial charge in [-0.05, 0) is 19.4 Å². The molecule has 0 fully saturated rings. The predicted molar refractivity (Wildman–Crippen MR) is 73.8 cm³/mol. The number of carboxylic acid groups (broad SMARTS) is 1. The maximum absolute atomic E-state index is 11.9. The van der Waals surface area contributed by atoms with Gasteiger partial charge in [0.25, 0.3) is 0 Å². The van der Waals surface area contributed by atoms with E-state index in [4.69, 9.17) is 10.2 Å². The lowest BCUT2D eigenvalue weighted by Gasteiger charge is -2.05. The van der Waals surface area contributed by atoms with Crippen LogP contribution in [0.5, 0.6) is 0 Å². The Kier molecular flexibility index (Phi) is 5.27. The highest BCUT2D eigenvalue weighted by Crippen LogP contribution is 2.25. The highest BCUT2D eigenvalue weighted by Gasteiger charge is 2.21. The number of aromatic carboxylic acids is 1. The quantitative estimate of drug-likeness (QED) is 0.581. The molecule has 0 aromatic carbocycles. The average molecular weight is 342 g/mol. The van der Waals surface area contributed by atoms with Crippen molar-refractivity contribution in [2.45, 2.75) is 18.2 Å². The second kappa shape index (κ2) is 6.18. The standard InChI is InChI=1S/C9H14N2O6S3/c1-6-8(5-7(18-6)9(12)13)20(16,17)11-3-2-4-19(10,14)15/h5,11H,2-4H2,1H3,(H,12,13)(H2,10,14,15). The van der Waals surface area contributed by atoms with E-state index in [1.807, 2.05) is 0 Å². The molecule has 8 nitrogen and oxygen atoms in total. The molecule has 0 spiro atoms. The number of hydrogen-bond acceptors (Lipinski definition) is 6. The van der Waals surface area contributed by atoms with E-state index in [0.29, 0.717) is 4.88 Å². The predicted octanol–water partition coefficient (Wildman–Crippen LogP) is -0.288. The normalized spacial score (nSPS) is 12.5. The monoisotopic (exact) mass is 342 g/mol. The largest absolute Gasteiger partial charge is 0.477 e. The highest BCUT2D eigenvalue weighted by atomic mass is 32.2. The van der Waals surface area contributed by atoms with Crippen molar-refractivity contribution in [1.82, 2.24) is 4.72 Å². The molecule has 1 aromatic rings. The number of sulfonamides is 2. The van der Waals surface area contributed by atoms with Gasteiger partial charge in [-0.1, -0.05) is 0 Å². The third-order valence-corrected chi connectivity index (χ3v) is 5.88. The summed E-state index contributed by atoms with van der Waals surface area (Å²) in [7, 11) is -7.49. The van der Waals surface area contributed by atoms with Crippen LogP contribution in [0.3, 0.4) is 0 Å². The first kappa shape index (κ1) is 17.0. The summed E-state index contributed by atoms with van der Waals surface area (Å²) in [6.07, 6.45) is 0.0348. The maximum Gasteiger partial charge on any atom is 0.345 e. The minimum absolute atomic E-state index is 0.0348. The minimum Gasteiger partial charge on any atom is -0.477 e. The van der Waals surface area contributed by atoms with Crippen LogP contribution in [0.15, 0.2) is 11.0 Å². The SMILES string of the molecule is Cc1sc(C(=O)O)cc1S(=O)(=O)NCCCS(N)(=O)=O. The zero-order chi connectivity index (χ0) is 15.6. The van der Waals surface area contributed by atoms with Crippen molar-refractivity contribution in [3.05, 3.63) is 15.8 Å². The van der Waals surface area contributed by atoms with Gasteiger partial charge in [0.1, 0.15) is 4.88 Å². The smallest absolute Gasteiger partial charge is 0.345 e. The molecule has 114 valence electrons. The number of rotatable bonds is 7. The molecule has 0 saturated carbocycles. The summed E-state index contributed by atoms with van der Waals surface area (Å²) in [5, 5.41) is 13.6. The topological polar surface area (TPSA) is 144 Å². The van der Waals surface area contributed by atoms with Gasteiger partial charge in [0.05, 0.1) is 10.6 Å². The van der Waals surface area contributed by atoms with E-state index < -0.39 is 26.0 Å². The van der Waals surface area contributed by atoms with E-state index in [1.54, 1.807) is 0 Å². The van der Waals surface area contributed by atoms with Gasteiger partial charge in [0.15, 0.2) is 0 Å². The molecular formula is C9H14N2O6S3. The number of nitrogens with two attached hydrogens (primary N) is 1. The number of carbonyl (C=O) groups is 1. The fraction of sp³-hybridized carbons (Fsp3) is 0.444. The van der Waals surface area contributed by atoms with Crippen molar-refractivity contribution in [3.63, 3.8) is 0 Å². The Morgan fingerprint density at radius 1 is 1.40 bits per heavy atom. The molecule has 1 rings (SSSR count). The zero-order valence-corrected chi connectivity index (χ0v) is 12.9. The van der Waals surface area contributed by atoms with Crippen LogP contribution in [0.25, 0.3) is 0 Å². The van der Waals surface area contributed by atoms with Gasteiger partial charge in [0, 0.05) is 11.4 Å². The lowest BCUT2D eigenvalue weighted by atomic mass is 10.4. The first-order chi connectivity index (χ1) is 9.03. The van der Waals surface area contributed by atoms with E-state index in [0.717, 1.165) is 17.4 Å². The van der Waals surface area contributed by atoms with Gasteiger partial charge in [0.2, 0.25) is 20.0 Å². The first-order valence-corrected chi connectivity index (χ1v) is 9.38. The highest BCUT2D eigenvalue weighted by molar-refractivity contribution is 7.89. The maximum atomic E-state index is 11.9. The van der Waals surface area contributed by atoms with Crippen LogP contribution < -0.4 is 9.86 Å². The van der Waals surface area contributed by atoms with Gasteiger partial charge in [-0.3, -0.25) is 0 Å². The molecule has 0 amide bonds. The van der Waals surface area contributed by atoms with E-state index in [2.05, 4.69) is 4.72 Å². The average Bonchev–Trinajstić information content (AvgIpc) is 2.66. The van der Waals surface area contributed by atoms with Crippen molar-refractivity contribution in [1.29, 1.82) is 0 Å². The molecule has 11 heteroatoms. The van der Waals surface area contributed by atoms with Gasteiger partial charge < -0.3 is 5.11 Å². The Bertz CT molecular complexity index is 704. The van der Waals surface area contributed by atoms with Crippen molar-refractivity contribution in [2.24, 2.45) is 5.14 Å². The minimum atomic E-state index is -3.86. The van der Waals surface area contributed by atoms with Crippen LogP contribution in [0.2, 0.25) is 0 Å². The Balaban J connectivity index is 2.77. The second-order valence-electron chi connectivity index (χ2n) is 3.95. The van der Waals surface area contributed by atoms with Crippen LogP contribution in [-0.4, -0.2) is 40.2 Å². The Hall–Kier alpha value is -1.01. The molecule has 20 heavy (non-hydrogen) atoms. The van der Waals surface area contributed by atoms with Crippen molar-refractivity contribution < 1.29 is 26.7 Å². The molecule has 1 heterocycles. The van der Waals surface area contributed by atoms with E-state index >= 15 is 0 Å². The Morgan fingerprint density at radius 3 is 2.45 bits per heavy atom. The molecule has 0 aliphatic heterocycles. The Labute approximate surface area is 120 Å². The van der Waals surface area contributed by atoms with Crippen molar-refractivity contribution in [2.75, 3.05) is 12.3 Å². The lowest BCUT2D eigenvalue weighted by molar-refractivity contribution is 0.0702. The lowest BCUT2D eigenvalue weighted by Crippen LogP contribution is -2.27. The molecule has 0 unspecified atom stereocenters. The van der Waals surface area contributed by atoms with Crippen molar-refractivity contribution >= 4 is 37.4 Å². The number of hydrogen-bond donors (Lipinski definition) is 3. The van der Waals surface area contributed by atoms with Crippen LogP contribution in [0.1, 0.15) is 21.0 Å². The molecule has 0 saturated heterocycles. The fourth-order valence-electron chi connectivity index (χ4n) is 1.40. The first-order valence-electron chi connectivity index (χ1n) is 5.37. The van der Waals surface area contributed by atoms with Gasteiger partial charge in [-0.15, -0.1) is 11.3 Å². The van der Waals surface area contributed by atoms with E-state index in [-0.39, 0.29) is 28.5 Å². The molecule has 4 N–H and O–H groups in total. The third-order valence-electron chi connectivity index (χ3n) is 2.27. The second-order valence-corrected chi connectivity index (χ2v) is 8.68. The zero-order valence-electron chi connectivity index (χ0n) is 10.5. The van der Waals surface area contributed by atoms with Crippen LogP contribution in [0.4, 0.5) is 0 Å². The fourth-order valence-corrected chi connectivity index (χ4v) is 4.44. The summed E-state index contributed by atoms with van der Waals surface area (Å²) in [4.78, 5) is 10.9.